The number of nitrogens with zero attached hydrogens (tertiary/aromatic N) is 1. The number of halogens is 1. The van der Waals surface area contributed by atoms with E-state index < -0.39 is 0 Å². The summed E-state index contributed by atoms with van der Waals surface area (Å²) in [7, 11) is 1.80. The van der Waals surface area contributed by atoms with Gasteiger partial charge in [0, 0.05) is 36.6 Å². The Morgan fingerprint density at radius 1 is 1.32 bits per heavy atom. The molecule has 4 nitrogen and oxygen atoms in total. The number of guanidine groups is 1. The summed E-state index contributed by atoms with van der Waals surface area (Å²) in [6, 6.07) is 8.49. The number of nitrogens with one attached hydrogen (secondary N) is 2. The minimum Gasteiger partial charge on any atom is -0.376 e. The normalized spacial score (nSPS) is 19.3. The predicted molar refractivity (Wildman–Crippen MR) is 95.5 cm³/mol. The van der Waals surface area contributed by atoms with Crippen molar-refractivity contribution in [2.45, 2.75) is 38.2 Å². The van der Waals surface area contributed by atoms with E-state index >= 15 is 0 Å². The Morgan fingerprint density at radius 2 is 2.05 bits per heavy atom. The van der Waals surface area contributed by atoms with E-state index in [9.17, 15) is 0 Å². The molecule has 1 aliphatic heterocycles. The lowest BCUT2D eigenvalue weighted by molar-refractivity contribution is 0.114. The fourth-order valence-electron chi connectivity index (χ4n) is 2.54. The molecule has 2 rings (SSSR count). The standard InChI is InChI=1S/C17H26BrN3O/c1-17(2,13-6-8-14(18)9-7-13)12-21-16(19-3)20-11-15-5-4-10-22-15/h6-9,15H,4-5,10-12H2,1-3H3,(H2,19,20,21). The molecule has 1 unspecified atom stereocenters. The quantitative estimate of drug-likeness (QED) is 0.620. The summed E-state index contributed by atoms with van der Waals surface area (Å²) in [6.45, 7) is 6.99. The van der Waals surface area contributed by atoms with Crippen molar-refractivity contribution in [3.8, 4) is 0 Å². The second-order valence-electron chi connectivity index (χ2n) is 6.33. The minimum absolute atomic E-state index is 0.0299. The third-order valence-electron chi connectivity index (χ3n) is 4.07. The van der Waals surface area contributed by atoms with Gasteiger partial charge in [0.2, 0.25) is 0 Å². The maximum absolute atomic E-state index is 5.62. The van der Waals surface area contributed by atoms with E-state index in [2.05, 4.69) is 69.7 Å². The molecule has 0 spiro atoms. The summed E-state index contributed by atoms with van der Waals surface area (Å²) in [4.78, 5) is 4.29. The van der Waals surface area contributed by atoms with Crippen molar-refractivity contribution in [1.82, 2.24) is 10.6 Å². The number of ether oxygens (including phenoxy) is 1. The van der Waals surface area contributed by atoms with Gasteiger partial charge in [0.1, 0.15) is 0 Å². The number of benzene rings is 1. The molecule has 0 bridgehead atoms. The lowest BCUT2D eigenvalue weighted by Gasteiger charge is -2.27. The fourth-order valence-corrected chi connectivity index (χ4v) is 2.81. The van der Waals surface area contributed by atoms with E-state index in [1.165, 1.54) is 5.56 Å². The Labute approximate surface area is 141 Å². The van der Waals surface area contributed by atoms with Crippen LogP contribution in [0.3, 0.4) is 0 Å². The summed E-state index contributed by atoms with van der Waals surface area (Å²) < 4.78 is 6.73. The smallest absolute Gasteiger partial charge is 0.191 e. The molecule has 0 radical (unpaired) electrons. The summed E-state index contributed by atoms with van der Waals surface area (Å²) >= 11 is 3.48. The average Bonchev–Trinajstić information content (AvgIpc) is 3.01. The lowest BCUT2D eigenvalue weighted by Crippen LogP contribution is -2.45. The maximum atomic E-state index is 5.62. The number of hydrogen-bond acceptors (Lipinski definition) is 2. The molecule has 22 heavy (non-hydrogen) atoms. The highest BCUT2D eigenvalue weighted by atomic mass is 79.9. The van der Waals surface area contributed by atoms with Crippen molar-refractivity contribution >= 4 is 21.9 Å². The molecule has 2 N–H and O–H groups in total. The van der Waals surface area contributed by atoms with Crippen LogP contribution in [0.1, 0.15) is 32.3 Å². The van der Waals surface area contributed by atoms with Gasteiger partial charge in [-0.15, -0.1) is 0 Å². The van der Waals surface area contributed by atoms with E-state index in [0.717, 1.165) is 43.0 Å². The van der Waals surface area contributed by atoms with Crippen LogP contribution in [0.25, 0.3) is 0 Å². The summed E-state index contributed by atoms with van der Waals surface area (Å²) in [6.07, 6.45) is 2.61. The van der Waals surface area contributed by atoms with Crippen molar-refractivity contribution in [2.75, 3.05) is 26.7 Å². The Hall–Kier alpha value is -1.07. The van der Waals surface area contributed by atoms with Crippen LogP contribution in [0.2, 0.25) is 0 Å². The van der Waals surface area contributed by atoms with Crippen molar-refractivity contribution in [3.05, 3.63) is 34.3 Å². The highest BCUT2D eigenvalue weighted by molar-refractivity contribution is 9.10. The summed E-state index contributed by atoms with van der Waals surface area (Å²) in [5.74, 6) is 0.834. The van der Waals surface area contributed by atoms with Gasteiger partial charge in [-0.1, -0.05) is 41.9 Å². The van der Waals surface area contributed by atoms with Crippen LogP contribution < -0.4 is 10.6 Å². The predicted octanol–water partition coefficient (Wildman–Crippen LogP) is 3.07. The van der Waals surface area contributed by atoms with Gasteiger partial charge < -0.3 is 15.4 Å². The van der Waals surface area contributed by atoms with Gasteiger partial charge >= 0.3 is 0 Å². The van der Waals surface area contributed by atoms with Gasteiger partial charge in [0.05, 0.1) is 6.10 Å². The SMILES string of the molecule is CN=C(NCC1CCCO1)NCC(C)(C)c1ccc(Br)cc1. The second kappa shape index (κ2) is 7.97. The first-order chi connectivity index (χ1) is 10.5. The molecule has 0 saturated carbocycles. The minimum atomic E-state index is 0.0299. The molecule has 1 saturated heterocycles. The number of hydrogen-bond donors (Lipinski definition) is 2. The van der Waals surface area contributed by atoms with Crippen LogP contribution in [0.15, 0.2) is 33.7 Å². The van der Waals surface area contributed by atoms with Crippen LogP contribution in [-0.2, 0) is 10.2 Å². The molecule has 1 fully saturated rings. The molecule has 1 aliphatic rings. The maximum Gasteiger partial charge on any atom is 0.191 e. The van der Waals surface area contributed by atoms with Gasteiger partial charge in [-0.2, -0.15) is 0 Å². The topological polar surface area (TPSA) is 45.7 Å². The fraction of sp³-hybridized carbons (Fsp3) is 0.588. The van der Waals surface area contributed by atoms with Crippen molar-refractivity contribution in [1.29, 1.82) is 0 Å². The molecular weight excluding hydrogens is 342 g/mol. The van der Waals surface area contributed by atoms with Crippen LogP contribution in [0.5, 0.6) is 0 Å². The summed E-state index contributed by atoms with van der Waals surface area (Å²) in [5.41, 5.74) is 1.33. The first-order valence-corrected chi connectivity index (χ1v) is 8.63. The molecule has 1 heterocycles. The van der Waals surface area contributed by atoms with Crippen LogP contribution in [0, 0.1) is 0 Å². The zero-order valence-electron chi connectivity index (χ0n) is 13.7. The van der Waals surface area contributed by atoms with Gasteiger partial charge in [0.25, 0.3) is 0 Å². The molecule has 0 aromatic heterocycles. The van der Waals surface area contributed by atoms with Gasteiger partial charge in [-0.3, -0.25) is 4.99 Å². The van der Waals surface area contributed by atoms with E-state index in [-0.39, 0.29) is 5.41 Å². The lowest BCUT2D eigenvalue weighted by atomic mass is 9.85. The molecule has 5 heteroatoms. The van der Waals surface area contributed by atoms with Crippen molar-refractivity contribution < 1.29 is 4.74 Å². The largest absolute Gasteiger partial charge is 0.376 e. The third kappa shape index (κ3) is 4.99. The number of rotatable bonds is 5. The van der Waals surface area contributed by atoms with Crippen LogP contribution >= 0.6 is 15.9 Å². The van der Waals surface area contributed by atoms with Gasteiger partial charge in [0.15, 0.2) is 5.96 Å². The zero-order chi connectivity index (χ0) is 16.0. The van der Waals surface area contributed by atoms with E-state index in [1.54, 1.807) is 7.05 Å². The number of aliphatic imine (C=N–C) groups is 1. The van der Waals surface area contributed by atoms with Gasteiger partial charge in [-0.05, 0) is 30.5 Å². The zero-order valence-corrected chi connectivity index (χ0v) is 15.2. The van der Waals surface area contributed by atoms with E-state index in [4.69, 9.17) is 4.74 Å². The molecule has 1 aromatic carbocycles. The molecular formula is C17H26BrN3O. The third-order valence-corrected chi connectivity index (χ3v) is 4.60. The van der Waals surface area contributed by atoms with E-state index in [0.29, 0.717) is 6.10 Å². The summed E-state index contributed by atoms with van der Waals surface area (Å²) in [5, 5.41) is 6.77. The molecule has 0 aliphatic carbocycles. The van der Waals surface area contributed by atoms with Crippen molar-refractivity contribution in [2.24, 2.45) is 4.99 Å². The first kappa shape index (κ1) is 17.3. The average molecular weight is 368 g/mol. The molecule has 0 amide bonds. The van der Waals surface area contributed by atoms with Crippen molar-refractivity contribution in [3.63, 3.8) is 0 Å². The molecule has 1 atom stereocenters. The molecule has 1 aromatic rings. The highest BCUT2D eigenvalue weighted by Gasteiger charge is 2.21. The van der Waals surface area contributed by atoms with Crippen LogP contribution in [-0.4, -0.2) is 38.8 Å². The van der Waals surface area contributed by atoms with E-state index in [1.807, 2.05) is 0 Å². The van der Waals surface area contributed by atoms with Gasteiger partial charge in [-0.25, -0.2) is 0 Å². The van der Waals surface area contributed by atoms with Crippen LogP contribution in [0.4, 0.5) is 0 Å². The first-order valence-electron chi connectivity index (χ1n) is 7.83. The molecule has 122 valence electrons. The Balaban J connectivity index is 1.84. The Morgan fingerprint density at radius 3 is 2.64 bits per heavy atom. The monoisotopic (exact) mass is 367 g/mol. The highest BCUT2D eigenvalue weighted by Crippen LogP contribution is 2.24. The Bertz CT molecular complexity index is 493. The Kier molecular flexibility index (Phi) is 6.26. The second-order valence-corrected chi connectivity index (χ2v) is 7.25.